The number of hydrogen-bond donors (Lipinski definition) is 2. The maximum Gasteiger partial charge on any atom is 0.408 e. The second-order valence-corrected chi connectivity index (χ2v) is 6.92. The van der Waals surface area contributed by atoms with Crippen molar-refractivity contribution < 1.29 is 13.9 Å². The molecule has 132 valence electrons. The highest BCUT2D eigenvalue weighted by atomic mass is 16.6. The molecule has 0 aliphatic heterocycles. The van der Waals surface area contributed by atoms with E-state index in [0.717, 1.165) is 16.5 Å². The molecular weight excluding hydrogens is 320 g/mol. The second kappa shape index (κ2) is 6.58. The number of rotatable bonds is 4. The van der Waals surface area contributed by atoms with Crippen LogP contribution in [-0.4, -0.2) is 26.9 Å². The summed E-state index contributed by atoms with van der Waals surface area (Å²) < 4.78 is 10.9. The van der Waals surface area contributed by atoms with Gasteiger partial charge < -0.3 is 19.5 Å². The first-order valence-corrected chi connectivity index (χ1v) is 8.16. The van der Waals surface area contributed by atoms with Crippen LogP contribution in [0.4, 0.5) is 4.79 Å². The Bertz CT molecular complexity index is 876. The summed E-state index contributed by atoms with van der Waals surface area (Å²) in [5.41, 5.74) is 1.50. The molecule has 2 aromatic heterocycles. The van der Waals surface area contributed by atoms with Gasteiger partial charge in [-0.25, -0.2) is 4.79 Å². The van der Waals surface area contributed by atoms with Crippen molar-refractivity contribution >= 4 is 17.0 Å². The normalized spacial score (nSPS) is 13.0. The maximum atomic E-state index is 12.2. The Morgan fingerprint density at radius 1 is 1.32 bits per heavy atom. The highest BCUT2D eigenvalue weighted by Gasteiger charge is 2.25. The van der Waals surface area contributed by atoms with Crippen molar-refractivity contribution in [1.82, 2.24) is 20.5 Å². The van der Waals surface area contributed by atoms with Gasteiger partial charge in [-0.1, -0.05) is 18.2 Å². The fourth-order valence-corrected chi connectivity index (χ4v) is 2.62. The van der Waals surface area contributed by atoms with E-state index in [-0.39, 0.29) is 0 Å². The fourth-order valence-electron chi connectivity index (χ4n) is 2.62. The minimum Gasteiger partial charge on any atom is -0.444 e. The zero-order valence-corrected chi connectivity index (χ0v) is 14.8. The van der Waals surface area contributed by atoms with Crippen LogP contribution in [0.1, 0.15) is 44.2 Å². The van der Waals surface area contributed by atoms with Gasteiger partial charge in [0.05, 0.1) is 0 Å². The number of nitrogens with one attached hydrogen (secondary N) is 2. The average molecular weight is 342 g/mol. The number of aromatic amines is 1. The van der Waals surface area contributed by atoms with Crippen molar-refractivity contribution in [3.63, 3.8) is 0 Å². The summed E-state index contributed by atoms with van der Waals surface area (Å²) in [5, 5.41) is 11.9. The number of aryl methyl sites for hydroxylation is 1. The van der Waals surface area contributed by atoms with Gasteiger partial charge in [-0.2, -0.15) is 0 Å². The predicted molar refractivity (Wildman–Crippen MR) is 93.1 cm³/mol. The maximum absolute atomic E-state index is 12.2. The van der Waals surface area contributed by atoms with Gasteiger partial charge in [0.1, 0.15) is 11.6 Å². The lowest BCUT2D eigenvalue weighted by atomic mass is 10.1. The van der Waals surface area contributed by atoms with E-state index in [1.807, 2.05) is 51.2 Å². The number of benzene rings is 1. The lowest BCUT2D eigenvalue weighted by molar-refractivity contribution is 0.0495. The summed E-state index contributed by atoms with van der Waals surface area (Å²) in [4.78, 5) is 15.4. The molecule has 0 bridgehead atoms. The summed E-state index contributed by atoms with van der Waals surface area (Å²) in [6.45, 7) is 7.17. The van der Waals surface area contributed by atoms with Gasteiger partial charge in [-0.05, 0) is 32.4 Å². The minimum atomic E-state index is -0.583. The summed E-state index contributed by atoms with van der Waals surface area (Å²) in [6.07, 6.45) is 1.91. The quantitative estimate of drug-likeness (QED) is 0.754. The highest BCUT2D eigenvalue weighted by Crippen LogP contribution is 2.24. The molecule has 1 atom stereocenters. The van der Waals surface area contributed by atoms with Gasteiger partial charge in [0.2, 0.25) is 11.8 Å². The third kappa shape index (κ3) is 4.17. The molecule has 7 nitrogen and oxygen atoms in total. The molecule has 1 amide bonds. The van der Waals surface area contributed by atoms with Gasteiger partial charge in [0.25, 0.3) is 0 Å². The zero-order valence-electron chi connectivity index (χ0n) is 14.8. The van der Waals surface area contributed by atoms with Crippen LogP contribution in [0.25, 0.3) is 10.9 Å². The molecule has 0 saturated carbocycles. The van der Waals surface area contributed by atoms with Gasteiger partial charge in [0, 0.05) is 30.4 Å². The molecule has 0 fully saturated rings. The van der Waals surface area contributed by atoms with Crippen molar-refractivity contribution in [3.05, 3.63) is 47.8 Å². The first-order valence-electron chi connectivity index (χ1n) is 8.16. The van der Waals surface area contributed by atoms with Gasteiger partial charge in [-0.3, -0.25) is 0 Å². The molecule has 2 heterocycles. The van der Waals surface area contributed by atoms with E-state index in [0.29, 0.717) is 18.2 Å². The monoisotopic (exact) mass is 342 g/mol. The van der Waals surface area contributed by atoms with Crippen LogP contribution in [0.2, 0.25) is 0 Å². The number of amides is 1. The van der Waals surface area contributed by atoms with Gasteiger partial charge in [-0.15, -0.1) is 10.2 Å². The van der Waals surface area contributed by atoms with E-state index in [1.165, 1.54) is 0 Å². The molecule has 25 heavy (non-hydrogen) atoms. The van der Waals surface area contributed by atoms with Crippen LogP contribution in [0.5, 0.6) is 0 Å². The highest BCUT2D eigenvalue weighted by molar-refractivity contribution is 5.83. The number of para-hydroxylation sites is 1. The topological polar surface area (TPSA) is 93.0 Å². The van der Waals surface area contributed by atoms with Crippen molar-refractivity contribution in [2.75, 3.05) is 0 Å². The number of carbonyl (C=O) groups is 1. The van der Waals surface area contributed by atoms with E-state index in [2.05, 4.69) is 20.5 Å². The number of aromatic nitrogens is 3. The zero-order chi connectivity index (χ0) is 18.0. The van der Waals surface area contributed by atoms with E-state index in [1.54, 1.807) is 6.92 Å². The minimum absolute atomic E-state index is 0.355. The number of ether oxygens (including phenoxy) is 1. The number of fused-ring (bicyclic) bond motifs is 1. The smallest absolute Gasteiger partial charge is 0.408 e. The lowest BCUT2D eigenvalue weighted by Crippen LogP contribution is -2.36. The van der Waals surface area contributed by atoms with Crippen molar-refractivity contribution in [1.29, 1.82) is 0 Å². The van der Waals surface area contributed by atoms with Crippen LogP contribution in [0, 0.1) is 6.92 Å². The van der Waals surface area contributed by atoms with Crippen LogP contribution < -0.4 is 5.32 Å². The Balaban J connectivity index is 1.85. The molecule has 1 aromatic carbocycles. The van der Waals surface area contributed by atoms with Gasteiger partial charge in [0.15, 0.2) is 0 Å². The lowest BCUT2D eigenvalue weighted by Gasteiger charge is -2.22. The predicted octanol–water partition coefficient (Wildman–Crippen LogP) is 3.67. The van der Waals surface area contributed by atoms with Crippen molar-refractivity contribution in [3.8, 4) is 0 Å². The van der Waals surface area contributed by atoms with E-state index in [4.69, 9.17) is 9.15 Å². The first-order chi connectivity index (χ1) is 11.8. The standard InChI is InChI=1S/C18H22N4O3/c1-11-21-22-16(24-11)15(20-17(23)25-18(2,3)4)9-12-10-19-14-8-6-5-7-13(12)14/h5-8,10,15,19H,9H2,1-4H3,(H,20,23)/t15-/m0/s1. The Labute approximate surface area is 145 Å². The second-order valence-electron chi connectivity index (χ2n) is 6.92. The molecule has 0 saturated heterocycles. The van der Waals surface area contributed by atoms with E-state index >= 15 is 0 Å². The Morgan fingerprint density at radius 2 is 2.08 bits per heavy atom. The molecule has 0 spiro atoms. The van der Waals surface area contributed by atoms with Crippen LogP contribution in [0.3, 0.4) is 0 Å². The largest absolute Gasteiger partial charge is 0.444 e. The van der Waals surface area contributed by atoms with Crippen molar-refractivity contribution in [2.45, 2.75) is 45.8 Å². The van der Waals surface area contributed by atoms with E-state index in [9.17, 15) is 4.79 Å². The third-order valence-corrected chi connectivity index (χ3v) is 3.63. The van der Waals surface area contributed by atoms with Crippen LogP contribution in [-0.2, 0) is 11.2 Å². The van der Waals surface area contributed by atoms with Crippen molar-refractivity contribution in [2.24, 2.45) is 0 Å². The molecule has 0 unspecified atom stereocenters. The Kier molecular flexibility index (Phi) is 4.48. The molecule has 2 N–H and O–H groups in total. The fraction of sp³-hybridized carbons (Fsp3) is 0.389. The number of hydrogen-bond acceptors (Lipinski definition) is 5. The third-order valence-electron chi connectivity index (χ3n) is 3.63. The summed E-state index contributed by atoms with van der Waals surface area (Å²) in [7, 11) is 0. The molecular formula is C18H22N4O3. The Morgan fingerprint density at radius 3 is 2.76 bits per heavy atom. The number of alkyl carbamates (subject to hydrolysis) is 1. The molecule has 3 rings (SSSR count). The molecule has 0 radical (unpaired) electrons. The summed E-state index contributed by atoms with van der Waals surface area (Å²) >= 11 is 0. The number of nitrogens with zero attached hydrogens (tertiary/aromatic N) is 2. The number of carbonyl (C=O) groups excluding carboxylic acids is 1. The molecule has 7 heteroatoms. The average Bonchev–Trinajstić information content (AvgIpc) is 3.12. The summed E-state index contributed by atoms with van der Waals surface area (Å²) in [6, 6.07) is 7.51. The van der Waals surface area contributed by atoms with Crippen LogP contribution in [0.15, 0.2) is 34.9 Å². The first kappa shape index (κ1) is 17.0. The SMILES string of the molecule is Cc1nnc([C@H](Cc2c[nH]c3ccccc23)NC(=O)OC(C)(C)C)o1. The van der Waals surface area contributed by atoms with E-state index < -0.39 is 17.7 Å². The molecule has 3 aromatic rings. The van der Waals surface area contributed by atoms with Gasteiger partial charge >= 0.3 is 6.09 Å². The molecule has 0 aliphatic carbocycles. The molecule has 0 aliphatic rings. The summed E-state index contributed by atoms with van der Waals surface area (Å²) in [5.74, 6) is 0.804. The number of H-pyrrole nitrogens is 1. The van der Waals surface area contributed by atoms with Crippen LogP contribution >= 0.6 is 0 Å². The Hall–Kier alpha value is -2.83.